The van der Waals surface area contributed by atoms with Gasteiger partial charge in [0.05, 0.1) is 6.61 Å². The van der Waals surface area contributed by atoms with Crippen LogP contribution in [0.3, 0.4) is 0 Å². The molecule has 6 nitrogen and oxygen atoms in total. The normalized spacial score (nSPS) is 10.4. The number of anilines is 1. The number of nitrogens with two attached hydrogens (primary N) is 1. The molecule has 0 saturated heterocycles. The Morgan fingerprint density at radius 1 is 1.35 bits per heavy atom. The Kier molecular flexibility index (Phi) is 5.14. The van der Waals surface area contributed by atoms with Crippen LogP contribution in [0.2, 0.25) is 0 Å². The number of nitrogens with zero attached hydrogens (tertiary/aromatic N) is 1. The highest BCUT2D eigenvalue weighted by atomic mass is 16.5. The van der Waals surface area contributed by atoms with Gasteiger partial charge in [-0.3, -0.25) is 9.89 Å². The summed E-state index contributed by atoms with van der Waals surface area (Å²) >= 11 is 0. The topological polar surface area (TPSA) is 93.0 Å². The van der Waals surface area contributed by atoms with Crippen molar-refractivity contribution in [3.8, 4) is 0 Å². The van der Waals surface area contributed by atoms with E-state index >= 15 is 0 Å². The highest BCUT2D eigenvalue weighted by Crippen LogP contribution is 2.01. The van der Waals surface area contributed by atoms with Gasteiger partial charge in [0.1, 0.15) is 11.5 Å². The van der Waals surface area contributed by atoms with E-state index in [4.69, 9.17) is 10.5 Å². The molecule has 4 N–H and O–H groups in total. The van der Waals surface area contributed by atoms with Crippen molar-refractivity contribution in [2.75, 3.05) is 18.9 Å². The molecule has 0 bridgehead atoms. The summed E-state index contributed by atoms with van der Waals surface area (Å²) in [4.78, 5) is 11.6. The van der Waals surface area contributed by atoms with Gasteiger partial charge >= 0.3 is 0 Å². The molecule has 2 aromatic rings. The number of aromatic amines is 1. The van der Waals surface area contributed by atoms with Gasteiger partial charge in [-0.2, -0.15) is 5.10 Å². The minimum absolute atomic E-state index is 0.211. The van der Waals surface area contributed by atoms with Crippen LogP contribution in [0.15, 0.2) is 36.4 Å². The highest BCUT2D eigenvalue weighted by Gasteiger charge is 2.07. The van der Waals surface area contributed by atoms with Gasteiger partial charge in [0.15, 0.2) is 0 Å². The maximum absolute atomic E-state index is 11.6. The molecular formula is C14H18N4O2. The third kappa shape index (κ3) is 4.40. The van der Waals surface area contributed by atoms with Crippen molar-refractivity contribution < 1.29 is 9.53 Å². The van der Waals surface area contributed by atoms with Crippen LogP contribution in [-0.4, -0.2) is 29.3 Å². The summed E-state index contributed by atoms with van der Waals surface area (Å²) in [5.74, 6) is 0.0959. The summed E-state index contributed by atoms with van der Waals surface area (Å²) in [5.41, 5.74) is 6.93. The second-order valence-corrected chi connectivity index (χ2v) is 4.35. The molecule has 6 heteroatoms. The van der Waals surface area contributed by atoms with Crippen LogP contribution in [-0.2, 0) is 11.3 Å². The van der Waals surface area contributed by atoms with Crippen molar-refractivity contribution in [3.63, 3.8) is 0 Å². The molecule has 0 atom stereocenters. The lowest BCUT2D eigenvalue weighted by atomic mass is 10.2. The Morgan fingerprint density at radius 3 is 2.85 bits per heavy atom. The largest absolute Gasteiger partial charge is 0.382 e. The molecule has 1 aromatic carbocycles. The summed E-state index contributed by atoms with van der Waals surface area (Å²) < 4.78 is 5.52. The predicted octanol–water partition coefficient (Wildman–Crippen LogP) is 1.33. The van der Waals surface area contributed by atoms with Crippen LogP contribution in [0.4, 0.5) is 5.82 Å². The molecule has 106 valence electrons. The van der Waals surface area contributed by atoms with E-state index in [0.29, 0.717) is 31.3 Å². The summed E-state index contributed by atoms with van der Waals surface area (Å²) in [6.07, 6.45) is 0.752. The molecule has 0 aliphatic heterocycles. The number of nitrogens with one attached hydrogen (secondary N) is 2. The van der Waals surface area contributed by atoms with Crippen LogP contribution in [0.5, 0.6) is 0 Å². The zero-order valence-corrected chi connectivity index (χ0v) is 11.1. The van der Waals surface area contributed by atoms with E-state index in [1.54, 1.807) is 0 Å². The van der Waals surface area contributed by atoms with Crippen LogP contribution < -0.4 is 11.1 Å². The molecule has 0 fully saturated rings. The Hall–Kier alpha value is -2.34. The Morgan fingerprint density at radius 2 is 2.15 bits per heavy atom. The van der Waals surface area contributed by atoms with E-state index in [1.807, 2.05) is 30.3 Å². The van der Waals surface area contributed by atoms with Gasteiger partial charge in [0, 0.05) is 19.2 Å². The second-order valence-electron chi connectivity index (χ2n) is 4.35. The fourth-order valence-corrected chi connectivity index (χ4v) is 1.69. The quantitative estimate of drug-likeness (QED) is 0.664. The smallest absolute Gasteiger partial charge is 0.269 e. The first-order valence-electron chi connectivity index (χ1n) is 6.46. The first-order chi connectivity index (χ1) is 9.75. The maximum atomic E-state index is 11.6. The summed E-state index contributed by atoms with van der Waals surface area (Å²) in [6.45, 7) is 1.73. The lowest BCUT2D eigenvalue weighted by Crippen LogP contribution is -2.25. The SMILES string of the molecule is Nc1cc(C(=O)NCCCOCc2ccccc2)[nH]n1. The van der Waals surface area contributed by atoms with Gasteiger partial charge in [-0.15, -0.1) is 0 Å². The highest BCUT2D eigenvalue weighted by molar-refractivity contribution is 5.92. The lowest BCUT2D eigenvalue weighted by Gasteiger charge is -2.05. The first kappa shape index (κ1) is 14.1. The van der Waals surface area contributed by atoms with Gasteiger partial charge in [0.25, 0.3) is 5.91 Å². The Labute approximate surface area is 117 Å². The fourth-order valence-electron chi connectivity index (χ4n) is 1.69. The minimum atomic E-state index is -0.211. The minimum Gasteiger partial charge on any atom is -0.382 e. The van der Waals surface area contributed by atoms with E-state index in [2.05, 4.69) is 15.5 Å². The number of amides is 1. The molecule has 0 saturated carbocycles. The number of aromatic nitrogens is 2. The number of carbonyl (C=O) groups is 1. The summed E-state index contributed by atoms with van der Waals surface area (Å²) in [5, 5.41) is 9.02. The number of hydrogen-bond acceptors (Lipinski definition) is 4. The van der Waals surface area contributed by atoms with Crippen molar-refractivity contribution >= 4 is 11.7 Å². The average Bonchev–Trinajstić information content (AvgIpc) is 2.90. The van der Waals surface area contributed by atoms with Crippen molar-refractivity contribution in [1.82, 2.24) is 15.5 Å². The van der Waals surface area contributed by atoms with E-state index < -0.39 is 0 Å². The number of benzene rings is 1. The molecular weight excluding hydrogens is 256 g/mol. The molecule has 20 heavy (non-hydrogen) atoms. The molecule has 0 unspecified atom stereocenters. The Bertz CT molecular complexity index is 539. The van der Waals surface area contributed by atoms with Crippen LogP contribution >= 0.6 is 0 Å². The van der Waals surface area contributed by atoms with E-state index in [-0.39, 0.29) is 5.91 Å². The number of rotatable bonds is 7. The summed E-state index contributed by atoms with van der Waals surface area (Å²) in [7, 11) is 0. The average molecular weight is 274 g/mol. The summed E-state index contributed by atoms with van der Waals surface area (Å²) in [6, 6.07) is 11.5. The van der Waals surface area contributed by atoms with Gasteiger partial charge in [-0.05, 0) is 12.0 Å². The van der Waals surface area contributed by atoms with E-state index in [9.17, 15) is 4.79 Å². The zero-order valence-electron chi connectivity index (χ0n) is 11.1. The number of carbonyl (C=O) groups excluding carboxylic acids is 1. The fraction of sp³-hybridized carbons (Fsp3) is 0.286. The molecule has 0 radical (unpaired) electrons. The molecule has 0 spiro atoms. The molecule has 2 rings (SSSR count). The van der Waals surface area contributed by atoms with Gasteiger partial charge in [-0.25, -0.2) is 0 Å². The van der Waals surface area contributed by atoms with Crippen molar-refractivity contribution in [1.29, 1.82) is 0 Å². The molecule has 0 aliphatic rings. The van der Waals surface area contributed by atoms with Crippen molar-refractivity contribution in [3.05, 3.63) is 47.7 Å². The number of ether oxygens (including phenoxy) is 1. The van der Waals surface area contributed by atoms with Gasteiger partial charge in [-0.1, -0.05) is 30.3 Å². The third-order valence-electron chi connectivity index (χ3n) is 2.70. The Balaban J connectivity index is 1.57. The third-order valence-corrected chi connectivity index (χ3v) is 2.70. The van der Waals surface area contributed by atoms with E-state index in [1.165, 1.54) is 6.07 Å². The molecule has 1 heterocycles. The number of nitrogen functional groups attached to an aromatic ring is 1. The lowest BCUT2D eigenvalue weighted by molar-refractivity contribution is 0.0930. The molecule has 0 aliphatic carbocycles. The maximum Gasteiger partial charge on any atom is 0.269 e. The molecule has 1 amide bonds. The zero-order chi connectivity index (χ0) is 14.2. The standard InChI is InChI=1S/C14H18N4O2/c15-13-9-12(17-18-13)14(19)16-7-4-8-20-10-11-5-2-1-3-6-11/h1-3,5-6,9H,4,7-8,10H2,(H,16,19)(H3,15,17,18). The van der Waals surface area contributed by atoms with Crippen molar-refractivity contribution in [2.24, 2.45) is 0 Å². The monoisotopic (exact) mass is 274 g/mol. The van der Waals surface area contributed by atoms with Crippen molar-refractivity contribution in [2.45, 2.75) is 13.0 Å². The predicted molar refractivity (Wildman–Crippen MR) is 76.0 cm³/mol. The van der Waals surface area contributed by atoms with Gasteiger partial charge in [0.2, 0.25) is 0 Å². The van der Waals surface area contributed by atoms with E-state index in [0.717, 1.165) is 12.0 Å². The number of H-pyrrole nitrogens is 1. The number of hydrogen-bond donors (Lipinski definition) is 3. The molecule has 1 aromatic heterocycles. The van der Waals surface area contributed by atoms with Gasteiger partial charge < -0.3 is 15.8 Å². The van der Waals surface area contributed by atoms with Crippen LogP contribution in [0.25, 0.3) is 0 Å². The second kappa shape index (κ2) is 7.30. The van der Waals surface area contributed by atoms with Crippen LogP contribution in [0.1, 0.15) is 22.5 Å². The van der Waals surface area contributed by atoms with Crippen LogP contribution in [0, 0.1) is 0 Å². The first-order valence-corrected chi connectivity index (χ1v) is 6.46.